The lowest BCUT2D eigenvalue weighted by Gasteiger charge is -2.38. The Labute approximate surface area is 138 Å². The van der Waals surface area contributed by atoms with Gasteiger partial charge in [-0.15, -0.1) is 0 Å². The van der Waals surface area contributed by atoms with Gasteiger partial charge < -0.3 is 9.53 Å². The molecule has 0 aromatic rings. The molecule has 0 radical (unpaired) electrons. The van der Waals surface area contributed by atoms with Crippen molar-refractivity contribution in [1.82, 2.24) is 0 Å². The van der Waals surface area contributed by atoms with Crippen LogP contribution in [0.15, 0.2) is 24.3 Å². The maximum Gasteiger partial charge on any atom is 0.192 e. The normalized spacial score (nSPS) is 24.3. The molecule has 1 rings (SSSR count). The maximum atomic E-state index is 9.59. The third kappa shape index (κ3) is 6.39. The second-order valence-corrected chi connectivity index (χ2v) is 12.9. The maximum absolute atomic E-state index is 9.59. The molecule has 22 heavy (non-hydrogen) atoms. The molecule has 0 saturated heterocycles. The zero-order valence-corrected chi connectivity index (χ0v) is 16.4. The number of aliphatic hydroxyl groups excluding tert-OH is 1. The molecule has 0 bridgehead atoms. The summed E-state index contributed by atoms with van der Waals surface area (Å²) >= 11 is 0. The Kier molecular flexibility index (Phi) is 7.56. The summed E-state index contributed by atoms with van der Waals surface area (Å²) < 4.78 is 6.60. The van der Waals surface area contributed by atoms with E-state index in [4.69, 9.17) is 4.43 Å². The van der Waals surface area contributed by atoms with E-state index in [1.165, 1.54) is 19.3 Å². The van der Waals surface area contributed by atoms with Gasteiger partial charge >= 0.3 is 0 Å². The quantitative estimate of drug-likeness (QED) is 0.365. The molecule has 0 saturated carbocycles. The molecule has 0 aromatic carbocycles. The van der Waals surface area contributed by atoms with Crippen molar-refractivity contribution in [3.8, 4) is 0 Å². The molecular weight excluding hydrogens is 288 g/mol. The molecule has 1 N–H and O–H groups in total. The van der Waals surface area contributed by atoms with Crippen LogP contribution in [0, 0.1) is 5.92 Å². The predicted octanol–water partition coefficient (Wildman–Crippen LogP) is 5.45. The fraction of sp³-hybridized carbons (Fsp3) is 0.789. The van der Waals surface area contributed by atoms with E-state index in [-0.39, 0.29) is 17.2 Å². The lowest BCUT2D eigenvalue weighted by atomic mass is 10.1. The average Bonchev–Trinajstić information content (AvgIpc) is 2.80. The highest BCUT2D eigenvalue weighted by atomic mass is 28.4. The van der Waals surface area contributed by atoms with E-state index in [1.807, 2.05) is 6.08 Å². The van der Waals surface area contributed by atoms with Gasteiger partial charge in [-0.05, 0) is 36.9 Å². The molecule has 3 atom stereocenters. The standard InChI is InChI=1S/C19H36O2Si/c1-7-8-9-10-18(21-22(5,6)19(2,3)4)14-12-16-11-13-17(20)15-16/h11-14,16-18,20H,7-10,15H2,1-6H3/b14-12+/t16-,17+,18+/m1/s1. The summed E-state index contributed by atoms with van der Waals surface area (Å²) in [5.74, 6) is 0.367. The average molecular weight is 325 g/mol. The third-order valence-electron chi connectivity index (χ3n) is 5.01. The Morgan fingerprint density at radius 2 is 1.95 bits per heavy atom. The molecule has 0 aliphatic heterocycles. The van der Waals surface area contributed by atoms with Gasteiger partial charge in [0.25, 0.3) is 0 Å². The van der Waals surface area contributed by atoms with E-state index in [0.717, 1.165) is 12.8 Å². The van der Waals surface area contributed by atoms with Crippen molar-refractivity contribution in [3.05, 3.63) is 24.3 Å². The van der Waals surface area contributed by atoms with Crippen LogP contribution in [0.3, 0.4) is 0 Å². The van der Waals surface area contributed by atoms with E-state index in [0.29, 0.717) is 5.92 Å². The Morgan fingerprint density at radius 1 is 1.27 bits per heavy atom. The Bertz CT molecular complexity index is 379. The number of allylic oxidation sites excluding steroid dienone is 2. The van der Waals surface area contributed by atoms with Crippen molar-refractivity contribution in [3.63, 3.8) is 0 Å². The Morgan fingerprint density at radius 3 is 2.45 bits per heavy atom. The van der Waals surface area contributed by atoms with Crippen LogP contribution < -0.4 is 0 Å². The van der Waals surface area contributed by atoms with E-state index in [9.17, 15) is 5.11 Å². The molecule has 0 unspecified atom stereocenters. The van der Waals surface area contributed by atoms with Crippen molar-refractivity contribution >= 4 is 8.32 Å². The van der Waals surface area contributed by atoms with Crippen LogP contribution in [0.5, 0.6) is 0 Å². The van der Waals surface area contributed by atoms with Crippen LogP contribution in [-0.4, -0.2) is 25.6 Å². The first-order valence-electron chi connectivity index (χ1n) is 8.88. The topological polar surface area (TPSA) is 29.5 Å². The van der Waals surface area contributed by atoms with Crippen LogP contribution in [0.4, 0.5) is 0 Å². The first-order valence-corrected chi connectivity index (χ1v) is 11.8. The van der Waals surface area contributed by atoms with Crippen LogP contribution in [0.25, 0.3) is 0 Å². The van der Waals surface area contributed by atoms with E-state index in [1.54, 1.807) is 0 Å². The summed E-state index contributed by atoms with van der Waals surface area (Å²) in [5.41, 5.74) is 0. The second kappa shape index (κ2) is 8.46. The zero-order valence-electron chi connectivity index (χ0n) is 15.4. The molecule has 1 aliphatic rings. The molecule has 0 amide bonds. The van der Waals surface area contributed by atoms with Gasteiger partial charge in [-0.25, -0.2) is 0 Å². The first-order chi connectivity index (χ1) is 10.2. The van der Waals surface area contributed by atoms with Crippen LogP contribution >= 0.6 is 0 Å². The number of unbranched alkanes of at least 4 members (excludes halogenated alkanes) is 2. The van der Waals surface area contributed by atoms with Crippen LogP contribution in [0.2, 0.25) is 18.1 Å². The van der Waals surface area contributed by atoms with E-state index < -0.39 is 8.32 Å². The number of aliphatic hydroxyl groups is 1. The monoisotopic (exact) mass is 324 g/mol. The molecule has 0 spiro atoms. The Balaban J connectivity index is 2.67. The summed E-state index contributed by atoms with van der Waals surface area (Å²) in [6, 6.07) is 0. The highest BCUT2D eigenvalue weighted by molar-refractivity contribution is 6.74. The summed E-state index contributed by atoms with van der Waals surface area (Å²) in [4.78, 5) is 0. The highest BCUT2D eigenvalue weighted by Crippen LogP contribution is 2.38. The van der Waals surface area contributed by atoms with Crippen molar-refractivity contribution in [2.45, 2.75) is 90.1 Å². The summed E-state index contributed by atoms with van der Waals surface area (Å²) in [7, 11) is -1.74. The van der Waals surface area contributed by atoms with Crippen molar-refractivity contribution in [1.29, 1.82) is 0 Å². The molecule has 2 nitrogen and oxygen atoms in total. The minimum Gasteiger partial charge on any atom is -0.411 e. The number of rotatable bonds is 8. The van der Waals surface area contributed by atoms with Gasteiger partial charge in [0.05, 0.1) is 12.2 Å². The molecule has 0 fully saturated rings. The molecule has 3 heteroatoms. The fourth-order valence-electron chi connectivity index (χ4n) is 2.46. The molecular formula is C19H36O2Si. The largest absolute Gasteiger partial charge is 0.411 e. The molecule has 1 aliphatic carbocycles. The van der Waals surface area contributed by atoms with Crippen molar-refractivity contribution in [2.75, 3.05) is 0 Å². The lowest BCUT2D eigenvalue weighted by molar-refractivity contribution is 0.207. The van der Waals surface area contributed by atoms with E-state index >= 15 is 0 Å². The lowest BCUT2D eigenvalue weighted by Crippen LogP contribution is -2.43. The minimum atomic E-state index is -1.74. The van der Waals surface area contributed by atoms with Gasteiger partial charge in [0.2, 0.25) is 0 Å². The van der Waals surface area contributed by atoms with Crippen molar-refractivity contribution in [2.24, 2.45) is 5.92 Å². The minimum absolute atomic E-state index is 0.221. The molecule has 128 valence electrons. The zero-order chi connectivity index (χ0) is 16.8. The fourth-order valence-corrected chi connectivity index (χ4v) is 3.77. The SMILES string of the molecule is CCCCC[C@@H](/C=C/[C@H]1C=C[C@H](O)C1)O[Si](C)(C)C(C)(C)C. The summed E-state index contributed by atoms with van der Waals surface area (Å²) in [6.07, 6.45) is 14.1. The van der Waals surface area contributed by atoms with E-state index in [2.05, 4.69) is 59.0 Å². The highest BCUT2D eigenvalue weighted by Gasteiger charge is 2.38. The predicted molar refractivity (Wildman–Crippen MR) is 98.6 cm³/mol. The number of hydrogen-bond donors (Lipinski definition) is 1. The third-order valence-corrected chi connectivity index (χ3v) is 9.52. The van der Waals surface area contributed by atoms with Gasteiger partial charge in [-0.1, -0.05) is 71.3 Å². The van der Waals surface area contributed by atoms with Crippen LogP contribution in [0.1, 0.15) is 59.8 Å². The van der Waals surface area contributed by atoms with Gasteiger partial charge in [0.15, 0.2) is 8.32 Å². The second-order valence-electron chi connectivity index (χ2n) is 8.15. The summed E-state index contributed by atoms with van der Waals surface area (Å²) in [6.45, 7) is 13.8. The molecule has 0 aromatic heterocycles. The smallest absolute Gasteiger partial charge is 0.192 e. The number of hydrogen-bond acceptors (Lipinski definition) is 2. The van der Waals surface area contributed by atoms with Gasteiger partial charge in [-0.2, -0.15) is 0 Å². The van der Waals surface area contributed by atoms with Gasteiger partial charge in [0, 0.05) is 0 Å². The Hall–Kier alpha value is -0.383. The van der Waals surface area contributed by atoms with Gasteiger partial charge in [0.1, 0.15) is 0 Å². The first kappa shape index (κ1) is 19.7. The summed E-state index contributed by atoms with van der Waals surface area (Å²) in [5, 5.41) is 9.83. The van der Waals surface area contributed by atoms with Gasteiger partial charge in [-0.3, -0.25) is 0 Å². The molecule has 0 heterocycles. The van der Waals surface area contributed by atoms with Crippen LogP contribution in [-0.2, 0) is 4.43 Å². The van der Waals surface area contributed by atoms with Crippen molar-refractivity contribution < 1.29 is 9.53 Å².